The molecule has 0 aliphatic carbocycles. The number of nitrogens with one attached hydrogen (secondary N) is 1. The Balaban J connectivity index is 2.92. The molecule has 0 aliphatic heterocycles. The van der Waals surface area contributed by atoms with Crippen LogP contribution in [0.25, 0.3) is 0 Å². The van der Waals surface area contributed by atoms with Gasteiger partial charge in [0.15, 0.2) is 0 Å². The second kappa shape index (κ2) is 4.43. The molecule has 0 spiro atoms. The highest BCUT2D eigenvalue weighted by molar-refractivity contribution is 5.29. The Labute approximate surface area is 79.9 Å². The number of nitrogens with two attached hydrogens (primary N) is 1. The zero-order valence-electron chi connectivity index (χ0n) is 7.43. The summed E-state index contributed by atoms with van der Waals surface area (Å²) in [6.07, 6.45) is -4.02. The summed E-state index contributed by atoms with van der Waals surface area (Å²) in [5.41, 5.74) is 2.00. The molecular formula is C9H11F3N2. The maximum Gasteiger partial charge on any atom is 0.416 e. The quantitative estimate of drug-likeness (QED) is 0.581. The van der Waals surface area contributed by atoms with Crippen LogP contribution in [0.2, 0.25) is 0 Å². The van der Waals surface area contributed by atoms with Crippen molar-refractivity contribution in [2.24, 2.45) is 5.84 Å². The lowest BCUT2D eigenvalue weighted by Gasteiger charge is -2.11. The molecule has 0 bridgehead atoms. The maximum absolute atomic E-state index is 12.4. The predicted molar refractivity (Wildman–Crippen MR) is 47.3 cm³/mol. The van der Waals surface area contributed by atoms with Crippen molar-refractivity contribution < 1.29 is 13.2 Å². The van der Waals surface area contributed by atoms with Crippen LogP contribution in [0.4, 0.5) is 13.2 Å². The van der Waals surface area contributed by atoms with Gasteiger partial charge in [-0.2, -0.15) is 13.2 Å². The summed E-state index contributed by atoms with van der Waals surface area (Å²) in [5.74, 6) is 5.00. The van der Waals surface area contributed by atoms with E-state index in [9.17, 15) is 13.2 Å². The fraction of sp³-hybridized carbons (Fsp3) is 0.333. The zero-order chi connectivity index (χ0) is 10.6. The number of benzene rings is 1. The molecular weight excluding hydrogens is 193 g/mol. The maximum atomic E-state index is 12.4. The summed E-state index contributed by atoms with van der Waals surface area (Å²) in [4.78, 5) is 0. The summed E-state index contributed by atoms with van der Waals surface area (Å²) in [5, 5.41) is 0. The van der Waals surface area contributed by atoms with Crippen molar-refractivity contribution >= 4 is 0 Å². The van der Waals surface area contributed by atoms with Crippen LogP contribution in [0, 0.1) is 0 Å². The average molecular weight is 204 g/mol. The summed E-state index contributed by atoms with van der Waals surface area (Å²) < 4.78 is 37.3. The number of rotatable bonds is 3. The van der Waals surface area contributed by atoms with Crippen molar-refractivity contribution in [3.05, 3.63) is 35.4 Å². The van der Waals surface area contributed by atoms with E-state index in [1.54, 1.807) is 6.07 Å². The van der Waals surface area contributed by atoms with E-state index in [1.165, 1.54) is 12.1 Å². The Morgan fingerprint density at radius 1 is 1.21 bits per heavy atom. The van der Waals surface area contributed by atoms with Gasteiger partial charge in [-0.15, -0.1) is 0 Å². The first-order valence-electron chi connectivity index (χ1n) is 4.14. The van der Waals surface area contributed by atoms with E-state index in [0.717, 1.165) is 6.07 Å². The lowest BCUT2D eigenvalue weighted by Crippen LogP contribution is -2.25. The minimum atomic E-state index is -4.29. The van der Waals surface area contributed by atoms with Crippen LogP contribution in [-0.4, -0.2) is 6.54 Å². The smallest absolute Gasteiger partial charge is 0.271 e. The van der Waals surface area contributed by atoms with Gasteiger partial charge in [0.2, 0.25) is 0 Å². The third kappa shape index (κ3) is 2.71. The van der Waals surface area contributed by atoms with Gasteiger partial charge in [-0.05, 0) is 18.1 Å². The molecule has 0 radical (unpaired) electrons. The number of hydrogen-bond donors (Lipinski definition) is 2. The van der Waals surface area contributed by atoms with E-state index in [1.807, 2.05) is 0 Å². The van der Waals surface area contributed by atoms with E-state index in [4.69, 9.17) is 5.84 Å². The number of halogens is 3. The van der Waals surface area contributed by atoms with Crippen molar-refractivity contribution in [2.75, 3.05) is 6.54 Å². The van der Waals surface area contributed by atoms with E-state index in [0.29, 0.717) is 6.54 Å². The Morgan fingerprint density at radius 3 is 2.43 bits per heavy atom. The summed E-state index contributed by atoms with van der Waals surface area (Å²) >= 11 is 0. The largest absolute Gasteiger partial charge is 0.416 e. The van der Waals surface area contributed by atoms with Crippen LogP contribution in [0.5, 0.6) is 0 Å². The van der Waals surface area contributed by atoms with Gasteiger partial charge >= 0.3 is 6.18 Å². The van der Waals surface area contributed by atoms with E-state index in [-0.39, 0.29) is 12.0 Å². The standard InChI is InChI=1S/C9H11F3N2/c10-9(11,12)8-4-2-1-3-7(8)5-6-14-13/h1-4,14H,5-6,13H2. The lowest BCUT2D eigenvalue weighted by molar-refractivity contribution is -0.138. The molecule has 1 aromatic carbocycles. The molecule has 0 saturated heterocycles. The summed E-state index contributed by atoms with van der Waals surface area (Å²) in [6.45, 7) is 0.326. The van der Waals surface area contributed by atoms with Gasteiger partial charge in [-0.25, -0.2) is 0 Å². The molecule has 0 unspecified atom stereocenters. The Hall–Kier alpha value is -1.07. The van der Waals surface area contributed by atoms with Crippen LogP contribution in [0.15, 0.2) is 24.3 Å². The van der Waals surface area contributed by atoms with E-state index >= 15 is 0 Å². The van der Waals surface area contributed by atoms with Gasteiger partial charge in [-0.1, -0.05) is 18.2 Å². The molecule has 3 N–H and O–H groups in total. The third-order valence-corrected chi connectivity index (χ3v) is 1.86. The van der Waals surface area contributed by atoms with Crippen molar-refractivity contribution in [1.29, 1.82) is 0 Å². The van der Waals surface area contributed by atoms with Crippen LogP contribution in [-0.2, 0) is 12.6 Å². The third-order valence-electron chi connectivity index (χ3n) is 1.86. The molecule has 1 rings (SSSR count). The molecule has 0 amide bonds. The molecule has 0 aliphatic rings. The minimum absolute atomic E-state index is 0.262. The van der Waals surface area contributed by atoms with Crippen LogP contribution < -0.4 is 11.3 Å². The second-order valence-electron chi connectivity index (χ2n) is 2.86. The van der Waals surface area contributed by atoms with Gasteiger partial charge in [0.1, 0.15) is 0 Å². The van der Waals surface area contributed by atoms with Gasteiger partial charge in [0.25, 0.3) is 0 Å². The topological polar surface area (TPSA) is 38.0 Å². The molecule has 5 heteroatoms. The number of alkyl halides is 3. The SMILES string of the molecule is NNCCc1ccccc1C(F)(F)F. The Bertz CT molecular complexity index is 296. The van der Waals surface area contributed by atoms with Crippen molar-refractivity contribution in [3.63, 3.8) is 0 Å². The first-order valence-corrected chi connectivity index (χ1v) is 4.14. The molecule has 0 aromatic heterocycles. The van der Waals surface area contributed by atoms with Gasteiger partial charge in [0, 0.05) is 6.54 Å². The molecule has 1 aromatic rings. The van der Waals surface area contributed by atoms with Crippen LogP contribution in [0.3, 0.4) is 0 Å². The molecule has 14 heavy (non-hydrogen) atoms. The number of hydrogen-bond acceptors (Lipinski definition) is 2. The van der Waals surface area contributed by atoms with Gasteiger partial charge in [-0.3, -0.25) is 11.3 Å². The molecule has 78 valence electrons. The fourth-order valence-electron chi connectivity index (χ4n) is 1.22. The zero-order valence-corrected chi connectivity index (χ0v) is 7.43. The molecule has 0 fully saturated rings. The predicted octanol–water partition coefficient (Wildman–Crippen LogP) is 1.71. The van der Waals surface area contributed by atoms with Gasteiger partial charge in [0.05, 0.1) is 5.56 Å². The first-order chi connectivity index (χ1) is 6.55. The van der Waals surface area contributed by atoms with Crippen molar-refractivity contribution in [3.8, 4) is 0 Å². The highest BCUT2D eigenvalue weighted by atomic mass is 19.4. The number of hydrazine groups is 1. The first kappa shape index (κ1) is 11.0. The highest BCUT2D eigenvalue weighted by Crippen LogP contribution is 2.31. The lowest BCUT2D eigenvalue weighted by atomic mass is 10.0. The normalized spacial score (nSPS) is 11.7. The van der Waals surface area contributed by atoms with Crippen molar-refractivity contribution in [1.82, 2.24) is 5.43 Å². The molecule has 0 saturated carbocycles. The molecule has 0 atom stereocenters. The van der Waals surface area contributed by atoms with E-state index in [2.05, 4.69) is 5.43 Å². The monoisotopic (exact) mass is 204 g/mol. The highest BCUT2D eigenvalue weighted by Gasteiger charge is 2.32. The van der Waals surface area contributed by atoms with E-state index < -0.39 is 11.7 Å². The minimum Gasteiger partial charge on any atom is -0.271 e. The summed E-state index contributed by atoms with van der Waals surface area (Å²) in [7, 11) is 0. The summed E-state index contributed by atoms with van der Waals surface area (Å²) in [6, 6.07) is 5.50. The fourth-order valence-corrected chi connectivity index (χ4v) is 1.22. The van der Waals surface area contributed by atoms with Crippen LogP contribution >= 0.6 is 0 Å². The van der Waals surface area contributed by atoms with Gasteiger partial charge < -0.3 is 0 Å². The molecule has 2 nitrogen and oxygen atoms in total. The molecule has 0 heterocycles. The second-order valence-corrected chi connectivity index (χ2v) is 2.86. The van der Waals surface area contributed by atoms with Crippen LogP contribution in [0.1, 0.15) is 11.1 Å². The van der Waals surface area contributed by atoms with Crippen molar-refractivity contribution in [2.45, 2.75) is 12.6 Å². The average Bonchev–Trinajstić information content (AvgIpc) is 2.14. The Kier molecular flexibility index (Phi) is 3.49. The Morgan fingerprint density at radius 2 is 1.86 bits per heavy atom.